The number of hydrogen-bond acceptors (Lipinski definition) is 2. The molecule has 0 fully saturated rings. The smallest absolute Gasteiger partial charge is 0.116 e. The van der Waals surface area contributed by atoms with Gasteiger partial charge in [0.15, 0.2) is 0 Å². The molecule has 0 atom stereocenters. The number of aryl methyl sites for hydroxylation is 1. The third-order valence-electron chi connectivity index (χ3n) is 3.48. The molecule has 0 amide bonds. The second kappa shape index (κ2) is 8.55. The van der Waals surface area contributed by atoms with Crippen LogP contribution < -0.4 is 21.0 Å². The van der Waals surface area contributed by atoms with Crippen LogP contribution in [0.25, 0.3) is 37.6 Å². The van der Waals surface area contributed by atoms with Gasteiger partial charge in [-0.05, 0) is 34.7 Å². The summed E-state index contributed by atoms with van der Waals surface area (Å²) in [6.45, 7) is 18.1. The Kier molecular flexibility index (Phi) is 6.19. The van der Waals surface area contributed by atoms with Gasteiger partial charge >= 0.3 is 0 Å². The minimum absolute atomic E-state index is 0.636. The first-order valence-corrected chi connectivity index (χ1v) is 7.93. The van der Waals surface area contributed by atoms with Crippen molar-refractivity contribution in [1.29, 1.82) is 0 Å². The fourth-order valence-electron chi connectivity index (χ4n) is 2.23. The molecule has 2 rings (SSSR count). The molecule has 0 saturated heterocycles. The molecular formula is C23H22N2. The van der Waals surface area contributed by atoms with Crippen molar-refractivity contribution in [2.75, 3.05) is 0 Å². The molecule has 0 bridgehead atoms. The lowest BCUT2D eigenvalue weighted by molar-refractivity contribution is 1.17. The molecule has 25 heavy (non-hydrogen) atoms. The normalized spacial score (nSPS) is 9.64. The zero-order chi connectivity index (χ0) is 18.2. The molecule has 0 radical (unpaired) electrons. The molecule has 0 aliphatic carbocycles. The summed E-state index contributed by atoms with van der Waals surface area (Å²) < 4.78 is 0. The maximum Gasteiger partial charge on any atom is 0.116 e. The molecule has 2 nitrogen and oxygen atoms in total. The highest BCUT2D eigenvalue weighted by Gasteiger charge is 1.96. The molecule has 0 aliphatic heterocycles. The van der Waals surface area contributed by atoms with Gasteiger partial charge in [-0.15, -0.1) is 0 Å². The van der Waals surface area contributed by atoms with E-state index >= 15 is 0 Å². The second-order valence-corrected chi connectivity index (χ2v) is 5.76. The molecule has 1 aromatic heterocycles. The van der Waals surface area contributed by atoms with E-state index in [1.54, 1.807) is 0 Å². The molecule has 1 aromatic carbocycles. The van der Waals surface area contributed by atoms with Gasteiger partial charge in [0, 0.05) is 5.56 Å². The van der Waals surface area contributed by atoms with E-state index in [1.807, 2.05) is 67.6 Å². The molecule has 1 heterocycles. The summed E-state index contributed by atoms with van der Waals surface area (Å²) in [5.41, 5.74) is 2.72. The Morgan fingerprint density at radius 2 is 1.44 bits per heavy atom. The largest absolute Gasteiger partial charge is 0.238 e. The average Bonchev–Trinajstić information content (AvgIpc) is 2.56. The first-order chi connectivity index (χ1) is 12.0. The van der Waals surface area contributed by atoms with Gasteiger partial charge in [-0.3, -0.25) is 0 Å². The number of hydrogen-bond donors (Lipinski definition) is 0. The first-order valence-electron chi connectivity index (χ1n) is 7.93. The topological polar surface area (TPSA) is 25.8 Å². The Hall–Kier alpha value is -3.26. The van der Waals surface area contributed by atoms with Crippen LogP contribution in [0.1, 0.15) is 5.56 Å². The molecular weight excluding hydrogens is 304 g/mol. The van der Waals surface area contributed by atoms with Crippen molar-refractivity contribution in [3.63, 3.8) is 0 Å². The average molecular weight is 326 g/mol. The summed E-state index contributed by atoms with van der Waals surface area (Å²) in [7, 11) is 0. The predicted molar refractivity (Wildman–Crippen MR) is 108 cm³/mol. The molecule has 0 aliphatic rings. The Balaban J connectivity index is 2.92. The van der Waals surface area contributed by atoms with Crippen LogP contribution >= 0.6 is 0 Å². The van der Waals surface area contributed by atoms with Gasteiger partial charge in [-0.25, -0.2) is 9.97 Å². The third-order valence-corrected chi connectivity index (χ3v) is 3.48. The number of nitrogens with zero attached hydrogens (tertiary/aromatic N) is 2. The van der Waals surface area contributed by atoms with Crippen molar-refractivity contribution in [2.24, 2.45) is 0 Å². The van der Waals surface area contributed by atoms with Crippen molar-refractivity contribution in [2.45, 2.75) is 6.92 Å². The fourth-order valence-corrected chi connectivity index (χ4v) is 2.23. The Morgan fingerprint density at radius 1 is 0.720 bits per heavy atom. The van der Waals surface area contributed by atoms with Crippen LogP contribution in [0.3, 0.4) is 0 Å². The van der Waals surface area contributed by atoms with E-state index in [0.717, 1.165) is 32.5 Å². The summed E-state index contributed by atoms with van der Waals surface area (Å²) in [6.07, 6.45) is 1.50. The molecule has 2 heteroatoms. The summed E-state index contributed by atoms with van der Waals surface area (Å²) in [6, 6.07) is 19.4. The standard InChI is InChI=1S/C23H22N2/c1-17-10-11-18(2)14-19(3)15-22(13-12-17)23-20(4)8-6-7-9-21(5)24-16-25-23/h6-16H,1,3-5H2,2H3. The van der Waals surface area contributed by atoms with E-state index in [1.165, 1.54) is 6.33 Å². The highest BCUT2D eigenvalue weighted by atomic mass is 14.8. The van der Waals surface area contributed by atoms with Crippen molar-refractivity contribution >= 4 is 26.3 Å². The highest BCUT2D eigenvalue weighted by molar-refractivity contribution is 5.58. The van der Waals surface area contributed by atoms with Crippen LogP contribution in [-0.2, 0) is 0 Å². The Labute approximate surface area is 148 Å². The fraction of sp³-hybridized carbons (Fsp3) is 0.0435. The molecule has 0 unspecified atom stereocenters. The lowest BCUT2D eigenvalue weighted by Crippen LogP contribution is -2.06. The molecule has 0 spiro atoms. The summed E-state index contributed by atoms with van der Waals surface area (Å²) in [5.74, 6) is 0. The van der Waals surface area contributed by atoms with Gasteiger partial charge in [0.1, 0.15) is 6.33 Å². The van der Waals surface area contributed by atoms with Crippen molar-refractivity contribution in [3.8, 4) is 11.3 Å². The van der Waals surface area contributed by atoms with Gasteiger partial charge in [0.25, 0.3) is 0 Å². The van der Waals surface area contributed by atoms with Crippen LogP contribution in [0, 0.1) is 6.92 Å². The van der Waals surface area contributed by atoms with E-state index in [2.05, 4.69) is 36.3 Å². The third kappa shape index (κ3) is 5.70. The van der Waals surface area contributed by atoms with Gasteiger partial charge in [0.2, 0.25) is 0 Å². The Bertz CT molecular complexity index is 1090. The maximum atomic E-state index is 4.50. The number of aromatic nitrogens is 2. The lowest BCUT2D eigenvalue weighted by Gasteiger charge is -1.98. The zero-order valence-corrected chi connectivity index (χ0v) is 14.6. The SMILES string of the molecule is C=c1ccc(C)cc(=C)cc(-c2ncnc(=C)ccccc2=C)cc1. The highest BCUT2D eigenvalue weighted by Crippen LogP contribution is 2.06. The molecule has 2 aromatic rings. The minimum Gasteiger partial charge on any atom is -0.238 e. The van der Waals surface area contributed by atoms with Crippen molar-refractivity contribution < 1.29 is 0 Å². The Morgan fingerprint density at radius 3 is 2.24 bits per heavy atom. The van der Waals surface area contributed by atoms with Gasteiger partial charge < -0.3 is 0 Å². The lowest BCUT2D eigenvalue weighted by atomic mass is 10.1. The monoisotopic (exact) mass is 326 g/mol. The number of rotatable bonds is 1. The summed E-state index contributed by atoms with van der Waals surface area (Å²) in [4.78, 5) is 8.70. The van der Waals surface area contributed by atoms with Crippen LogP contribution in [0.5, 0.6) is 0 Å². The van der Waals surface area contributed by atoms with Gasteiger partial charge in [-0.1, -0.05) is 80.4 Å². The summed E-state index contributed by atoms with van der Waals surface area (Å²) >= 11 is 0. The van der Waals surface area contributed by atoms with Gasteiger partial charge in [-0.2, -0.15) is 0 Å². The van der Waals surface area contributed by atoms with Crippen molar-refractivity contribution in [3.05, 3.63) is 93.6 Å². The van der Waals surface area contributed by atoms with E-state index in [4.69, 9.17) is 0 Å². The van der Waals surface area contributed by atoms with Gasteiger partial charge in [0.05, 0.1) is 11.0 Å². The first kappa shape index (κ1) is 18.1. The van der Waals surface area contributed by atoms with E-state index in [9.17, 15) is 0 Å². The van der Waals surface area contributed by atoms with E-state index in [0.29, 0.717) is 5.35 Å². The zero-order valence-electron chi connectivity index (χ0n) is 14.6. The molecule has 0 N–H and O–H groups in total. The van der Waals surface area contributed by atoms with Crippen LogP contribution in [0.15, 0.2) is 67.0 Å². The van der Waals surface area contributed by atoms with Crippen molar-refractivity contribution in [1.82, 2.24) is 9.97 Å². The van der Waals surface area contributed by atoms with E-state index < -0.39 is 0 Å². The van der Waals surface area contributed by atoms with Crippen LogP contribution in [0.4, 0.5) is 0 Å². The molecule has 124 valence electrons. The second-order valence-electron chi connectivity index (χ2n) is 5.76. The minimum atomic E-state index is 0.636. The predicted octanol–water partition coefficient (Wildman–Crippen LogP) is 2.34. The van der Waals surface area contributed by atoms with E-state index in [-0.39, 0.29) is 0 Å². The molecule has 0 saturated carbocycles. The maximum absolute atomic E-state index is 4.50. The van der Waals surface area contributed by atoms with Crippen LogP contribution in [0.2, 0.25) is 0 Å². The summed E-state index contributed by atoms with van der Waals surface area (Å²) in [5, 5.41) is 3.20. The quantitative estimate of drug-likeness (QED) is 0.804. The van der Waals surface area contributed by atoms with Crippen LogP contribution in [-0.4, -0.2) is 9.97 Å².